The minimum absolute atomic E-state index is 0.169. The highest BCUT2D eigenvalue weighted by Gasteiger charge is 2.08. The first-order chi connectivity index (χ1) is 7.13. The first kappa shape index (κ1) is 12.0. The molecule has 1 amide bonds. The lowest BCUT2D eigenvalue weighted by Gasteiger charge is -2.09. The van der Waals surface area contributed by atoms with Crippen LogP contribution in [0.15, 0.2) is 18.2 Å². The topological polar surface area (TPSA) is 42.0 Å². The SMILES string of the molecule is CCC(C)CNC(=O)c1cccc(Cl)n1. The molecule has 1 rings (SSSR count). The molecule has 0 aliphatic rings. The van der Waals surface area contributed by atoms with Gasteiger partial charge in [0.1, 0.15) is 10.8 Å². The van der Waals surface area contributed by atoms with Crippen molar-refractivity contribution in [3.05, 3.63) is 29.0 Å². The van der Waals surface area contributed by atoms with Gasteiger partial charge >= 0.3 is 0 Å². The van der Waals surface area contributed by atoms with Gasteiger partial charge in [0.2, 0.25) is 0 Å². The van der Waals surface area contributed by atoms with Gasteiger partial charge in [-0.25, -0.2) is 4.98 Å². The summed E-state index contributed by atoms with van der Waals surface area (Å²) in [7, 11) is 0. The van der Waals surface area contributed by atoms with Gasteiger partial charge in [-0.1, -0.05) is 37.9 Å². The van der Waals surface area contributed by atoms with Crippen molar-refractivity contribution in [3.63, 3.8) is 0 Å². The monoisotopic (exact) mass is 226 g/mol. The minimum atomic E-state index is -0.169. The van der Waals surface area contributed by atoms with Gasteiger partial charge < -0.3 is 5.32 Å². The Bertz CT molecular complexity index is 341. The lowest BCUT2D eigenvalue weighted by molar-refractivity contribution is 0.0943. The molecule has 0 saturated carbocycles. The van der Waals surface area contributed by atoms with Crippen molar-refractivity contribution in [1.82, 2.24) is 10.3 Å². The van der Waals surface area contributed by atoms with Crippen LogP contribution < -0.4 is 5.32 Å². The zero-order valence-electron chi connectivity index (χ0n) is 8.96. The molecule has 1 aromatic rings. The molecule has 0 aliphatic carbocycles. The predicted molar refractivity (Wildman–Crippen MR) is 61.0 cm³/mol. The van der Waals surface area contributed by atoms with Crippen LogP contribution in [-0.2, 0) is 0 Å². The summed E-state index contributed by atoms with van der Waals surface area (Å²) in [6.45, 7) is 4.85. The van der Waals surface area contributed by atoms with E-state index in [1.54, 1.807) is 18.2 Å². The van der Waals surface area contributed by atoms with Crippen LogP contribution in [0.3, 0.4) is 0 Å². The van der Waals surface area contributed by atoms with Gasteiger partial charge in [0, 0.05) is 6.54 Å². The average molecular weight is 227 g/mol. The van der Waals surface area contributed by atoms with Crippen LogP contribution in [0.2, 0.25) is 5.15 Å². The Kier molecular flexibility index (Phi) is 4.56. The fraction of sp³-hybridized carbons (Fsp3) is 0.455. The van der Waals surface area contributed by atoms with E-state index in [0.29, 0.717) is 23.3 Å². The fourth-order valence-electron chi connectivity index (χ4n) is 1.04. The highest BCUT2D eigenvalue weighted by atomic mass is 35.5. The molecule has 4 heteroatoms. The van der Waals surface area contributed by atoms with Gasteiger partial charge in [-0.15, -0.1) is 0 Å². The third-order valence-corrected chi connectivity index (χ3v) is 2.47. The van der Waals surface area contributed by atoms with Crippen molar-refractivity contribution in [2.75, 3.05) is 6.54 Å². The summed E-state index contributed by atoms with van der Waals surface area (Å²) in [6.07, 6.45) is 1.04. The molecule has 15 heavy (non-hydrogen) atoms. The Morgan fingerprint density at radius 3 is 2.93 bits per heavy atom. The minimum Gasteiger partial charge on any atom is -0.350 e. The van der Waals surface area contributed by atoms with Gasteiger partial charge in [-0.3, -0.25) is 4.79 Å². The molecule has 82 valence electrons. The van der Waals surface area contributed by atoms with Crippen LogP contribution in [0.1, 0.15) is 30.8 Å². The number of nitrogens with one attached hydrogen (secondary N) is 1. The van der Waals surface area contributed by atoms with E-state index >= 15 is 0 Å². The summed E-state index contributed by atoms with van der Waals surface area (Å²) in [6, 6.07) is 5.01. The normalized spacial score (nSPS) is 12.2. The largest absolute Gasteiger partial charge is 0.350 e. The maximum absolute atomic E-state index is 11.6. The number of carbonyl (C=O) groups is 1. The van der Waals surface area contributed by atoms with Crippen molar-refractivity contribution in [1.29, 1.82) is 0 Å². The summed E-state index contributed by atoms with van der Waals surface area (Å²) >= 11 is 5.69. The third kappa shape index (κ3) is 3.88. The molecule has 0 aliphatic heterocycles. The molecule has 1 heterocycles. The van der Waals surface area contributed by atoms with Gasteiger partial charge in [-0.05, 0) is 18.1 Å². The molecule has 0 radical (unpaired) electrons. The number of hydrogen-bond donors (Lipinski definition) is 1. The number of halogens is 1. The zero-order chi connectivity index (χ0) is 11.3. The number of aromatic nitrogens is 1. The molecule has 1 atom stereocenters. The van der Waals surface area contributed by atoms with Crippen LogP contribution in [0, 0.1) is 5.92 Å². The molecule has 0 saturated heterocycles. The Morgan fingerprint density at radius 2 is 2.33 bits per heavy atom. The van der Waals surface area contributed by atoms with Gasteiger partial charge in [0.05, 0.1) is 0 Å². The van der Waals surface area contributed by atoms with E-state index in [1.807, 2.05) is 0 Å². The van der Waals surface area contributed by atoms with Crippen LogP contribution in [0.4, 0.5) is 0 Å². The summed E-state index contributed by atoms with van der Waals surface area (Å²) in [5, 5.41) is 3.16. The predicted octanol–water partition coefficient (Wildman–Crippen LogP) is 2.51. The van der Waals surface area contributed by atoms with E-state index in [4.69, 9.17) is 11.6 Å². The van der Waals surface area contributed by atoms with Crippen molar-refractivity contribution in [2.45, 2.75) is 20.3 Å². The van der Waals surface area contributed by atoms with Crippen molar-refractivity contribution in [3.8, 4) is 0 Å². The molecule has 0 fully saturated rings. The van der Waals surface area contributed by atoms with Crippen molar-refractivity contribution >= 4 is 17.5 Å². The number of carbonyl (C=O) groups excluding carboxylic acids is 1. The first-order valence-electron chi connectivity index (χ1n) is 5.04. The zero-order valence-corrected chi connectivity index (χ0v) is 9.71. The van der Waals surface area contributed by atoms with E-state index in [2.05, 4.69) is 24.1 Å². The summed E-state index contributed by atoms with van der Waals surface area (Å²) in [4.78, 5) is 15.5. The number of amides is 1. The number of nitrogens with zero attached hydrogens (tertiary/aromatic N) is 1. The average Bonchev–Trinajstić information content (AvgIpc) is 2.25. The molecular weight excluding hydrogens is 212 g/mol. The standard InChI is InChI=1S/C11H15ClN2O/c1-3-8(2)7-13-11(15)9-5-4-6-10(12)14-9/h4-6,8H,3,7H2,1-2H3,(H,13,15). The van der Waals surface area contributed by atoms with Gasteiger partial charge in [0.25, 0.3) is 5.91 Å². The quantitative estimate of drug-likeness (QED) is 0.802. The van der Waals surface area contributed by atoms with Crippen LogP contribution in [-0.4, -0.2) is 17.4 Å². The lowest BCUT2D eigenvalue weighted by atomic mass is 10.1. The van der Waals surface area contributed by atoms with Crippen molar-refractivity contribution in [2.24, 2.45) is 5.92 Å². The first-order valence-corrected chi connectivity index (χ1v) is 5.42. The lowest BCUT2D eigenvalue weighted by Crippen LogP contribution is -2.28. The van der Waals surface area contributed by atoms with E-state index in [9.17, 15) is 4.79 Å². The van der Waals surface area contributed by atoms with Crippen molar-refractivity contribution < 1.29 is 4.79 Å². The molecule has 1 N–H and O–H groups in total. The highest BCUT2D eigenvalue weighted by molar-refractivity contribution is 6.29. The van der Waals surface area contributed by atoms with E-state index in [1.165, 1.54) is 0 Å². The smallest absolute Gasteiger partial charge is 0.269 e. The molecule has 1 unspecified atom stereocenters. The number of hydrogen-bond acceptors (Lipinski definition) is 2. The second-order valence-corrected chi connectivity index (χ2v) is 3.96. The summed E-state index contributed by atoms with van der Waals surface area (Å²) < 4.78 is 0. The van der Waals surface area contributed by atoms with E-state index < -0.39 is 0 Å². The molecule has 0 spiro atoms. The maximum Gasteiger partial charge on any atom is 0.269 e. The molecule has 0 aromatic carbocycles. The van der Waals surface area contributed by atoms with E-state index in [0.717, 1.165) is 6.42 Å². The van der Waals surface area contributed by atoms with Gasteiger partial charge in [-0.2, -0.15) is 0 Å². The Morgan fingerprint density at radius 1 is 1.60 bits per heavy atom. The molecule has 1 aromatic heterocycles. The maximum atomic E-state index is 11.6. The Balaban J connectivity index is 2.54. The van der Waals surface area contributed by atoms with Crippen LogP contribution in [0.5, 0.6) is 0 Å². The van der Waals surface area contributed by atoms with Crippen LogP contribution in [0.25, 0.3) is 0 Å². The Hall–Kier alpha value is -1.09. The molecular formula is C11H15ClN2O. The van der Waals surface area contributed by atoms with E-state index in [-0.39, 0.29) is 5.91 Å². The summed E-state index contributed by atoms with van der Waals surface area (Å²) in [5.41, 5.74) is 0.366. The van der Waals surface area contributed by atoms with Gasteiger partial charge in [0.15, 0.2) is 0 Å². The molecule has 0 bridgehead atoms. The van der Waals surface area contributed by atoms with Crippen LogP contribution >= 0.6 is 11.6 Å². The third-order valence-electron chi connectivity index (χ3n) is 2.26. The molecule has 3 nitrogen and oxygen atoms in total. The number of pyridine rings is 1. The second-order valence-electron chi connectivity index (χ2n) is 3.57. The second kappa shape index (κ2) is 5.71. The Labute approximate surface area is 94.9 Å². The summed E-state index contributed by atoms with van der Waals surface area (Å²) in [5.74, 6) is 0.311. The fourth-order valence-corrected chi connectivity index (χ4v) is 1.20. The highest BCUT2D eigenvalue weighted by Crippen LogP contribution is 2.05. The number of rotatable bonds is 4.